The predicted molar refractivity (Wildman–Crippen MR) is 123 cm³/mol. The summed E-state index contributed by atoms with van der Waals surface area (Å²) in [4.78, 5) is 13.9. The Morgan fingerprint density at radius 3 is 2.66 bits per heavy atom. The summed E-state index contributed by atoms with van der Waals surface area (Å²) in [7, 11) is 5.22. The smallest absolute Gasteiger partial charge is 0.258 e. The molecule has 150 valence electrons. The number of rotatable bonds is 7. The quantitative estimate of drug-likeness (QED) is 0.446. The molecule has 5 nitrogen and oxygen atoms in total. The van der Waals surface area contributed by atoms with Crippen molar-refractivity contribution in [1.82, 2.24) is 9.88 Å². The van der Waals surface area contributed by atoms with Gasteiger partial charge < -0.3 is 20.0 Å². The summed E-state index contributed by atoms with van der Waals surface area (Å²) < 4.78 is 7.24. The first-order valence-corrected chi connectivity index (χ1v) is 10.4. The molecule has 2 aromatic carbocycles. The van der Waals surface area contributed by atoms with Gasteiger partial charge in [0.15, 0.2) is 0 Å². The van der Waals surface area contributed by atoms with Crippen LogP contribution in [0.3, 0.4) is 0 Å². The monoisotopic (exact) mass is 407 g/mol. The number of nitrogens with zero attached hydrogens (tertiary/aromatic N) is 1. The third kappa shape index (κ3) is 4.07. The first-order chi connectivity index (χ1) is 14.0. The highest BCUT2D eigenvalue weighted by atomic mass is 32.2. The van der Waals surface area contributed by atoms with Gasteiger partial charge in [0.25, 0.3) is 5.56 Å². The van der Waals surface area contributed by atoms with Gasteiger partial charge in [-0.2, -0.15) is 0 Å². The lowest BCUT2D eigenvalue weighted by molar-refractivity contribution is 0.416. The molecule has 0 radical (unpaired) electrons. The summed E-state index contributed by atoms with van der Waals surface area (Å²) in [6, 6.07) is 11.8. The second-order valence-electron chi connectivity index (χ2n) is 6.55. The van der Waals surface area contributed by atoms with Gasteiger partial charge >= 0.3 is 0 Å². The van der Waals surface area contributed by atoms with Crippen LogP contribution in [0.4, 0.5) is 0 Å². The average molecular weight is 408 g/mol. The van der Waals surface area contributed by atoms with E-state index < -0.39 is 0 Å². The Morgan fingerprint density at radius 1 is 1.21 bits per heavy atom. The number of thioether (sulfide) groups is 1. The Labute approximate surface area is 174 Å². The third-order valence-corrected chi connectivity index (χ3v) is 5.62. The lowest BCUT2D eigenvalue weighted by atomic mass is 9.96. The highest BCUT2D eigenvalue weighted by Crippen LogP contribution is 2.37. The standard InChI is InChI=1S/C23H25N3O2S/c1-5-29-17-7-9-22(28-4)20(11-17)21-14-26(3)23(27)18-8-6-15(10-19(18)21)16(12-24)13-25-2/h6-14,24-25H,5H2,1-4H3/b16-13+,24-12?. The number of pyridine rings is 1. The molecule has 0 amide bonds. The fraction of sp³-hybridized carbons (Fsp3) is 0.217. The van der Waals surface area contributed by atoms with Crippen molar-refractivity contribution in [1.29, 1.82) is 5.41 Å². The van der Waals surface area contributed by atoms with Crippen molar-refractivity contribution in [3.63, 3.8) is 0 Å². The lowest BCUT2D eigenvalue weighted by Gasteiger charge is -2.15. The molecule has 0 aliphatic carbocycles. The minimum absolute atomic E-state index is 0.0534. The number of aryl methyl sites for hydroxylation is 1. The normalized spacial score (nSPS) is 11.5. The van der Waals surface area contributed by atoms with Crippen LogP contribution in [0.25, 0.3) is 27.5 Å². The van der Waals surface area contributed by atoms with Gasteiger partial charge in [0.2, 0.25) is 0 Å². The number of nitrogens with one attached hydrogen (secondary N) is 2. The van der Waals surface area contributed by atoms with Crippen molar-refractivity contribution < 1.29 is 4.74 Å². The highest BCUT2D eigenvalue weighted by molar-refractivity contribution is 7.99. The van der Waals surface area contributed by atoms with Crippen molar-refractivity contribution in [3.05, 3.63) is 64.7 Å². The molecule has 0 spiro atoms. The Bertz CT molecular complexity index is 1150. The van der Waals surface area contributed by atoms with Gasteiger partial charge in [-0.15, -0.1) is 11.8 Å². The van der Waals surface area contributed by atoms with E-state index in [1.54, 1.807) is 43.7 Å². The number of allylic oxidation sites excluding steroid dienone is 1. The molecule has 6 heteroatoms. The lowest BCUT2D eigenvalue weighted by Crippen LogP contribution is -2.16. The van der Waals surface area contributed by atoms with Gasteiger partial charge in [-0.1, -0.05) is 13.0 Å². The summed E-state index contributed by atoms with van der Waals surface area (Å²) in [5.74, 6) is 1.73. The van der Waals surface area contributed by atoms with E-state index in [-0.39, 0.29) is 5.56 Å². The molecular weight excluding hydrogens is 382 g/mol. The molecule has 3 rings (SSSR count). The van der Waals surface area contributed by atoms with E-state index >= 15 is 0 Å². The number of fused-ring (bicyclic) bond motifs is 1. The zero-order valence-electron chi connectivity index (χ0n) is 17.1. The van der Waals surface area contributed by atoms with Crippen LogP contribution >= 0.6 is 11.8 Å². The molecule has 1 aromatic heterocycles. The van der Waals surface area contributed by atoms with E-state index in [2.05, 4.69) is 24.4 Å². The number of aromatic nitrogens is 1. The maximum Gasteiger partial charge on any atom is 0.258 e. The summed E-state index contributed by atoms with van der Waals surface area (Å²) in [5, 5.41) is 12.2. The van der Waals surface area contributed by atoms with Gasteiger partial charge in [-0.05, 0) is 47.0 Å². The van der Waals surface area contributed by atoms with E-state index in [1.807, 2.05) is 30.5 Å². The van der Waals surface area contributed by atoms with Crippen molar-refractivity contribution in [2.45, 2.75) is 11.8 Å². The Hall–Kier alpha value is -2.99. The van der Waals surface area contributed by atoms with E-state index in [4.69, 9.17) is 10.1 Å². The third-order valence-electron chi connectivity index (χ3n) is 4.74. The van der Waals surface area contributed by atoms with Gasteiger partial charge in [0.05, 0.1) is 7.11 Å². The Kier molecular flexibility index (Phi) is 6.44. The van der Waals surface area contributed by atoms with E-state index in [0.29, 0.717) is 5.39 Å². The summed E-state index contributed by atoms with van der Waals surface area (Å²) >= 11 is 1.76. The van der Waals surface area contributed by atoms with Crippen molar-refractivity contribution in [2.24, 2.45) is 7.05 Å². The Balaban J connectivity index is 2.37. The first kappa shape index (κ1) is 20.7. The highest BCUT2D eigenvalue weighted by Gasteiger charge is 2.15. The number of methoxy groups -OCH3 is 1. The molecule has 0 saturated heterocycles. The number of hydrogen-bond acceptors (Lipinski definition) is 5. The minimum atomic E-state index is -0.0534. The average Bonchev–Trinajstić information content (AvgIpc) is 2.74. The van der Waals surface area contributed by atoms with Crippen LogP contribution in [0.1, 0.15) is 12.5 Å². The fourth-order valence-electron chi connectivity index (χ4n) is 3.38. The zero-order valence-corrected chi connectivity index (χ0v) is 17.9. The van der Waals surface area contributed by atoms with Crippen LogP contribution < -0.4 is 15.6 Å². The molecule has 1 heterocycles. The van der Waals surface area contributed by atoms with Crippen LogP contribution in [0.15, 0.2) is 58.5 Å². The van der Waals surface area contributed by atoms with Gasteiger partial charge in [0.1, 0.15) is 5.75 Å². The molecular formula is C23H25N3O2S. The van der Waals surface area contributed by atoms with Crippen molar-refractivity contribution >= 4 is 34.3 Å². The molecule has 0 atom stereocenters. The van der Waals surface area contributed by atoms with Crippen molar-refractivity contribution in [3.8, 4) is 16.9 Å². The second kappa shape index (κ2) is 9.01. The maximum absolute atomic E-state index is 12.8. The second-order valence-corrected chi connectivity index (χ2v) is 7.88. The summed E-state index contributed by atoms with van der Waals surface area (Å²) in [6.07, 6.45) is 4.93. The first-order valence-electron chi connectivity index (χ1n) is 9.36. The molecule has 0 aliphatic heterocycles. The van der Waals surface area contributed by atoms with E-state index in [0.717, 1.165) is 44.0 Å². The van der Waals surface area contributed by atoms with Crippen LogP contribution in [-0.4, -0.2) is 30.7 Å². The number of hydrogen-bond donors (Lipinski definition) is 2. The molecule has 0 fully saturated rings. The molecule has 3 aromatic rings. The number of ether oxygens (including phenoxy) is 1. The van der Waals surface area contributed by atoms with Crippen LogP contribution in [0.2, 0.25) is 0 Å². The molecule has 2 N–H and O–H groups in total. The largest absolute Gasteiger partial charge is 0.496 e. The topological polar surface area (TPSA) is 67.1 Å². The van der Waals surface area contributed by atoms with Gasteiger partial charge in [-0.3, -0.25) is 4.79 Å². The molecule has 0 bridgehead atoms. The van der Waals surface area contributed by atoms with E-state index in [9.17, 15) is 4.79 Å². The molecule has 29 heavy (non-hydrogen) atoms. The number of benzene rings is 2. The fourth-order valence-corrected chi connectivity index (χ4v) is 4.08. The SMILES string of the molecule is CCSc1ccc(OC)c(-c2cn(C)c(=O)c3ccc(/C(C=N)=C/NC)cc23)c1. The maximum atomic E-state index is 12.8. The van der Waals surface area contributed by atoms with Gasteiger partial charge in [-0.25, -0.2) is 0 Å². The van der Waals surface area contributed by atoms with Crippen molar-refractivity contribution in [2.75, 3.05) is 19.9 Å². The van der Waals surface area contributed by atoms with Crippen LogP contribution in [-0.2, 0) is 7.05 Å². The minimum Gasteiger partial charge on any atom is -0.496 e. The van der Waals surface area contributed by atoms with Crippen LogP contribution in [0, 0.1) is 5.41 Å². The predicted octanol–water partition coefficient (Wildman–Crippen LogP) is 4.54. The summed E-state index contributed by atoms with van der Waals surface area (Å²) in [6.45, 7) is 2.12. The zero-order chi connectivity index (χ0) is 21.0. The molecule has 0 saturated carbocycles. The Morgan fingerprint density at radius 2 is 2.00 bits per heavy atom. The molecule has 0 unspecified atom stereocenters. The summed E-state index contributed by atoms with van der Waals surface area (Å²) in [5.41, 5.74) is 3.42. The molecule has 0 aliphatic rings. The van der Waals surface area contributed by atoms with E-state index in [1.165, 1.54) is 6.21 Å². The van der Waals surface area contributed by atoms with Crippen LogP contribution in [0.5, 0.6) is 5.75 Å². The van der Waals surface area contributed by atoms with Gasteiger partial charge in [0, 0.05) is 59.7 Å².